The second kappa shape index (κ2) is 5.00. The number of carbonyl (C=O) groups is 1. The molecule has 0 saturated carbocycles. The van der Waals surface area contributed by atoms with Gasteiger partial charge in [0, 0.05) is 12.0 Å². The number of ketones is 1. The van der Waals surface area contributed by atoms with Crippen molar-refractivity contribution in [2.45, 2.75) is 32.1 Å². The van der Waals surface area contributed by atoms with Gasteiger partial charge in [0.1, 0.15) is 0 Å². The molecule has 0 fully saturated rings. The first-order chi connectivity index (χ1) is 9.28. The van der Waals surface area contributed by atoms with E-state index in [9.17, 15) is 4.79 Å². The van der Waals surface area contributed by atoms with Crippen molar-refractivity contribution in [2.75, 3.05) is 0 Å². The van der Waals surface area contributed by atoms with Gasteiger partial charge in [0.05, 0.1) is 0 Å². The fourth-order valence-corrected chi connectivity index (χ4v) is 2.81. The third kappa shape index (κ3) is 2.33. The van der Waals surface area contributed by atoms with Gasteiger partial charge in [-0.05, 0) is 35.4 Å². The summed E-state index contributed by atoms with van der Waals surface area (Å²) in [4.78, 5) is 12.3. The standard InChI is InChI=1S/C18H18O/c1-2-13-7-9-14(10-8-13)18(19)12-16-11-15-5-3-4-6-17(15)16/h3-10,16H,2,11-12H2,1H3. The molecular weight excluding hydrogens is 232 g/mol. The fraction of sp³-hybridized carbons (Fsp3) is 0.278. The van der Waals surface area contributed by atoms with Crippen LogP contribution in [0.4, 0.5) is 0 Å². The van der Waals surface area contributed by atoms with Gasteiger partial charge in [-0.2, -0.15) is 0 Å². The van der Waals surface area contributed by atoms with E-state index in [0.717, 1.165) is 18.4 Å². The summed E-state index contributed by atoms with van der Waals surface area (Å²) in [6, 6.07) is 16.5. The molecule has 0 radical (unpaired) electrons. The zero-order valence-electron chi connectivity index (χ0n) is 11.2. The Bertz CT molecular complexity index is 595. The van der Waals surface area contributed by atoms with E-state index in [0.29, 0.717) is 12.3 Å². The quantitative estimate of drug-likeness (QED) is 0.745. The summed E-state index contributed by atoms with van der Waals surface area (Å²) >= 11 is 0. The molecule has 0 amide bonds. The highest BCUT2D eigenvalue weighted by Gasteiger charge is 2.27. The maximum absolute atomic E-state index is 12.3. The van der Waals surface area contributed by atoms with Crippen LogP contribution in [0.2, 0.25) is 0 Å². The molecule has 0 aliphatic heterocycles. The van der Waals surface area contributed by atoms with Crippen LogP contribution in [0, 0.1) is 0 Å². The largest absolute Gasteiger partial charge is 0.294 e. The molecule has 1 aliphatic rings. The number of hydrogen-bond donors (Lipinski definition) is 0. The van der Waals surface area contributed by atoms with E-state index in [-0.39, 0.29) is 5.78 Å². The van der Waals surface area contributed by atoms with Crippen molar-refractivity contribution in [1.82, 2.24) is 0 Å². The Balaban J connectivity index is 1.69. The number of carbonyl (C=O) groups excluding carboxylic acids is 1. The lowest BCUT2D eigenvalue weighted by Gasteiger charge is -2.29. The van der Waals surface area contributed by atoms with Gasteiger partial charge >= 0.3 is 0 Å². The summed E-state index contributed by atoms with van der Waals surface area (Å²) in [7, 11) is 0. The van der Waals surface area contributed by atoms with Crippen molar-refractivity contribution in [3.8, 4) is 0 Å². The van der Waals surface area contributed by atoms with Crippen LogP contribution in [0.5, 0.6) is 0 Å². The number of aryl methyl sites for hydroxylation is 1. The number of rotatable bonds is 4. The van der Waals surface area contributed by atoms with Crippen LogP contribution in [-0.4, -0.2) is 5.78 Å². The van der Waals surface area contributed by atoms with Crippen LogP contribution in [0.1, 0.15) is 46.3 Å². The van der Waals surface area contributed by atoms with Gasteiger partial charge in [-0.25, -0.2) is 0 Å². The molecule has 3 rings (SSSR count). The SMILES string of the molecule is CCc1ccc(C(=O)CC2Cc3ccccc32)cc1. The van der Waals surface area contributed by atoms with Crippen LogP contribution in [0.25, 0.3) is 0 Å². The molecule has 96 valence electrons. The second-order valence-corrected chi connectivity index (χ2v) is 5.28. The first kappa shape index (κ1) is 12.2. The van der Waals surface area contributed by atoms with Gasteiger partial charge in [0.2, 0.25) is 0 Å². The predicted octanol–water partition coefficient (Wildman–Crippen LogP) is 4.16. The van der Waals surface area contributed by atoms with Crippen LogP contribution in [-0.2, 0) is 12.8 Å². The van der Waals surface area contributed by atoms with E-state index in [4.69, 9.17) is 0 Å². The van der Waals surface area contributed by atoms with E-state index in [2.05, 4.69) is 43.3 Å². The lowest BCUT2D eigenvalue weighted by Crippen LogP contribution is -2.20. The van der Waals surface area contributed by atoms with Gasteiger partial charge in [-0.3, -0.25) is 4.79 Å². The van der Waals surface area contributed by atoms with Crippen molar-refractivity contribution in [3.05, 3.63) is 70.8 Å². The van der Waals surface area contributed by atoms with Crippen molar-refractivity contribution in [1.29, 1.82) is 0 Å². The molecule has 1 heteroatoms. The lowest BCUT2D eigenvalue weighted by atomic mass is 9.74. The van der Waals surface area contributed by atoms with Gasteiger partial charge in [0.25, 0.3) is 0 Å². The van der Waals surface area contributed by atoms with Crippen molar-refractivity contribution in [2.24, 2.45) is 0 Å². The molecule has 2 aromatic rings. The zero-order valence-corrected chi connectivity index (χ0v) is 11.2. The van der Waals surface area contributed by atoms with Crippen LogP contribution in [0.15, 0.2) is 48.5 Å². The third-order valence-electron chi connectivity index (χ3n) is 4.08. The van der Waals surface area contributed by atoms with Gasteiger partial charge in [-0.1, -0.05) is 55.5 Å². The van der Waals surface area contributed by atoms with Crippen LogP contribution < -0.4 is 0 Å². The molecular formula is C18H18O. The number of hydrogen-bond acceptors (Lipinski definition) is 1. The average Bonchev–Trinajstić information content (AvgIpc) is 2.44. The summed E-state index contributed by atoms with van der Waals surface area (Å²) < 4.78 is 0. The van der Waals surface area contributed by atoms with E-state index in [1.54, 1.807) is 0 Å². The Labute approximate surface area is 114 Å². The monoisotopic (exact) mass is 250 g/mol. The Morgan fingerprint density at radius 2 is 1.84 bits per heavy atom. The highest BCUT2D eigenvalue weighted by atomic mass is 16.1. The number of fused-ring (bicyclic) bond motifs is 1. The smallest absolute Gasteiger partial charge is 0.163 e. The molecule has 1 aliphatic carbocycles. The minimum absolute atomic E-state index is 0.266. The summed E-state index contributed by atoms with van der Waals surface area (Å²) in [6.45, 7) is 2.13. The first-order valence-corrected chi connectivity index (χ1v) is 6.98. The van der Waals surface area contributed by atoms with Crippen molar-refractivity contribution >= 4 is 5.78 Å². The summed E-state index contributed by atoms with van der Waals surface area (Å²) in [5.41, 5.74) is 4.90. The van der Waals surface area contributed by atoms with Crippen LogP contribution >= 0.6 is 0 Å². The molecule has 1 unspecified atom stereocenters. The Morgan fingerprint density at radius 3 is 2.53 bits per heavy atom. The minimum Gasteiger partial charge on any atom is -0.294 e. The summed E-state index contributed by atoms with van der Waals surface area (Å²) in [5, 5.41) is 0. The molecule has 19 heavy (non-hydrogen) atoms. The van der Waals surface area contributed by atoms with Gasteiger partial charge in [0.15, 0.2) is 5.78 Å². The van der Waals surface area contributed by atoms with E-state index >= 15 is 0 Å². The van der Waals surface area contributed by atoms with E-state index in [1.807, 2.05) is 12.1 Å². The lowest BCUT2D eigenvalue weighted by molar-refractivity contribution is 0.0970. The Morgan fingerprint density at radius 1 is 1.11 bits per heavy atom. The summed E-state index contributed by atoms with van der Waals surface area (Å²) in [6.07, 6.45) is 2.71. The molecule has 1 nitrogen and oxygen atoms in total. The molecule has 0 N–H and O–H groups in total. The molecule has 1 atom stereocenters. The highest BCUT2D eigenvalue weighted by Crippen LogP contribution is 2.37. The third-order valence-corrected chi connectivity index (χ3v) is 4.08. The fourth-order valence-electron chi connectivity index (χ4n) is 2.81. The Hall–Kier alpha value is -1.89. The summed E-state index contributed by atoms with van der Waals surface area (Å²) in [5.74, 6) is 0.691. The molecule has 0 bridgehead atoms. The van der Waals surface area contributed by atoms with E-state index in [1.165, 1.54) is 16.7 Å². The van der Waals surface area contributed by atoms with Gasteiger partial charge in [-0.15, -0.1) is 0 Å². The first-order valence-electron chi connectivity index (χ1n) is 6.98. The topological polar surface area (TPSA) is 17.1 Å². The minimum atomic E-state index is 0.266. The molecule has 0 aromatic heterocycles. The average molecular weight is 250 g/mol. The van der Waals surface area contributed by atoms with E-state index < -0.39 is 0 Å². The number of Topliss-reactive ketones (excluding diaryl/α,β-unsaturated/α-hetero) is 1. The van der Waals surface area contributed by atoms with Crippen molar-refractivity contribution < 1.29 is 4.79 Å². The predicted molar refractivity (Wildman–Crippen MR) is 77.7 cm³/mol. The van der Waals surface area contributed by atoms with Crippen molar-refractivity contribution in [3.63, 3.8) is 0 Å². The molecule has 0 spiro atoms. The number of benzene rings is 2. The molecule has 2 aromatic carbocycles. The normalized spacial score (nSPS) is 16.6. The maximum atomic E-state index is 12.3. The molecule has 0 heterocycles. The highest BCUT2D eigenvalue weighted by molar-refractivity contribution is 5.96. The molecule has 0 saturated heterocycles. The van der Waals surface area contributed by atoms with Crippen LogP contribution in [0.3, 0.4) is 0 Å². The zero-order chi connectivity index (χ0) is 13.2. The second-order valence-electron chi connectivity index (χ2n) is 5.28. The maximum Gasteiger partial charge on any atom is 0.163 e. The Kier molecular flexibility index (Phi) is 3.20. The van der Waals surface area contributed by atoms with Gasteiger partial charge < -0.3 is 0 Å².